The molecule has 1 atom stereocenters. The number of likely N-dealkylation sites (tertiary alicyclic amines) is 1. The van der Waals surface area contributed by atoms with Crippen molar-refractivity contribution in [2.75, 3.05) is 20.2 Å². The third-order valence-corrected chi connectivity index (χ3v) is 5.25. The van der Waals surface area contributed by atoms with E-state index in [9.17, 15) is 22.8 Å². The highest BCUT2D eigenvalue weighted by molar-refractivity contribution is 5.80. The number of hydrogen-bond donors (Lipinski definition) is 0. The Morgan fingerprint density at radius 3 is 2.55 bits per heavy atom. The number of nitrogens with zero attached hydrogens (tertiary/aromatic N) is 2. The molecule has 7 nitrogen and oxygen atoms in total. The Hall–Kier alpha value is -3.43. The van der Waals surface area contributed by atoms with Crippen molar-refractivity contribution in [3.8, 4) is 16.9 Å². The van der Waals surface area contributed by atoms with E-state index in [2.05, 4.69) is 4.74 Å². The first-order valence-corrected chi connectivity index (χ1v) is 9.56. The van der Waals surface area contributed by atoms with Crippen LogP contribution in [-0.4, -0.2) is 42.1 Å². The van der Waals surface area contributed by atoms with Crippen LogP contribution in [0.4, 0.5) is 18.0 Å². The van der Waals surface area contributed by atoms with E-state index in [-0.39, 0.29) is 11.7 Å². The molecule has 1 fully saturated rings. The molecule has 0 bridgehead atoms. The van der Waals surface area contributed by atoms with Gasteiger partial charge in [-0.2, -0.15) is 0 Å². The molecule has 0 radical (unpaired) electrons. The van der Waals surface area contributed by atoms with Gasteiger partial charge in [0.25, 0.3) is 0 Å². The number of halogens is 3. The van der Waals surface area contributed by atoms with Crippen LogP contribution in [0.25, 0.3) is 22.2 Å². The summed E-state index contributed by atoms with van der Waals surface area (Å²) >= 11 is 0. The topological polar surface area (TPSA) is 73.9 Å². The minimum absolute atomic E-state index is 0.0695. The lowest BCUT2D eigenvalue weighted by Gasteiger charge is -2.14. The summed E-state index contributed by atoms with van der Waals surface area (Å²) in [4.78, 5) is 25.7. The molecule has 1 amide bonds. The van der Waals surface area contributed by atoms with Gasteiger partial charge in [0, 0.05) is 19.6 Å². The van der Waals surface area contributed by atoms with Crippen molar-refractivity contribution in [1.29, 1.82) is 0 Å². The number of carbonyl (C=O) groups is 1. The third kappa shape index (κ3) is 4.52. The number of amides is 1. The van der Waals surface area contributed by atoms with Crippen molar-refractivity contribution in [1.82, 2.24) is 9.47 Å². The zero-order chi connectivity index (χ0) is 22.2. The predicted octanol–water partition coefficient (Wildman–Crippen LogP) is 4.25. The van der Waals surface area contributed by atoms with Gasteiger partial charge in [-0.15, -0.1) is 13.2 Å². The molecule has 0 saturated carbocycles. The largest absolute Gasteiger partial charge is 0.573 e. The van der Waals surface area contributed by atoms with Crippen molar-refractivity contribution < 1.29 is 31.9 Å². The first-order chi connectivity index (χ1) is 14.7. The van der Waals surface area contributed by atoms with E-state index in [1.54, 1.807) is 23.1 Å². The van der Waals surface area contributed by atoms with E-state index in [4.69, 9.17) is 9.15 Å². The highest BCUT2D eigenvalue weighted by Gasteiger charge is 2.31. The van der Waals surface area contributed by atoms with Crippen LogP contribution >= 0.6 is 0 Å². The van der Waals surface area contributed by atoms with Gasteiger partial charge in [-0.05, 0) is 47.7 Å². The highest BCUT2D eigenvalue weighted by Crippen LogP contribution is 2.29. The molecule has 1 aliphatic heterocycles. The lowest BCUT2D eigenvalue weighted by Crippen LogP contribution is -2.29. The van der Waals surface area contributed by atoms with Crippen molar-refractivity contribution in [2.45, 2.75) is 19.3 Å². The quantitative estimate of drug-likeness (QED) is 0.612. The summed E-state index contributed by atoms with van der Waals surface area (Å²) in [7, 11) is 1.33. The van der Waals surface area contributed by atoms with Gasteiger partial charge in [0.15, 0.2) is 5.58 Å². The van der Waals surface area contributed by atoms with Gasteiger partial charge in [0.2, 0.25) is 0 Å². The fourth-order valence-corrected chi connectivity index (χ4v) is 3.80. The van der Waals surface area contributed by atoms with Gasteiger partial charge in [0.1, 0.15) is 5.75 Å². The summed E-state index contributed by atoms with van der Waals surface area (Å²) < 4.78 is 52.5. The van der Waals surface area contributed by atoms with E-state index in [1.165, 1.54) is 35.9 Å². The number of benzene rings is 2. The summed E-state index contributed by atoms with van der Waals surface area (Å²) in [5, 5.41) is 0. The number of hydrogen-bond acceptors (Lipinski definition) is 5. The number of ether oxygens (including phenoxy) is 2. The normalized spacial score (nSPS) is 16.6. The molecule has 2 aromatic carbocycles. The maximum Gasteiger partial charge on any atom is 0.573 e. The number of oxazole rings is 1. The summed E-state index contributed by atoms with van der Waals surface area (Å²) in [6.07, 6.45) is -4.42. The molecule has 2 heterocycles. The Kier molecular flexibility index (Phi) is 5.38. The number of rotatable bonds is 4. The summed E-state index contributed by atoms with van der Waals surface area (Å²) in [5.74, 6) is -0.744. The van der Waals surface area contributed by atoms with Crippen molar-refractivity contribution in [3.05, 3.63) is 53.0 Å². The van der Waals surface area contributed by atoms with Crippen LogP contribution in [-0.2, 0) is 11.3 Å². The van der Waals surface area contributed by atoms with E-state index >= 15 is 0 Å². The molecule has 0 aliphatic carbocycles. The van der Waals surface area contributed by atoms with Crippen LogP contribution in [0.15, 0.2) is 51.7 Å². The van der Waals surface area contributed by atoms with Crippen LogP contribution in [0.2, 0.25) is 0 Å². The average molecular weight is 436 g/mol. The second-order valence-electron chi connectivity index (χ2n) is 7.30. The summed E-state index contributed by atoms with van der Waals surface area (Å²) in [5.41, 5.74) is 2.36. The maximum absolute atomic E-state index is 12.4. The van der Waals surface area contributed by atoms with Crippen LogP contribution in [0.3, 0.4) is 0 Å². The van der Waals surface area contributed by atoms with Gasteiger partial charge < -0.3 is 18.8 Å². The van der Waals surface area contributed by atoms with Gasteiger partial charge in [-0.25, -0.2) is 9.59 Å². The number of aromatic nitrogens is 1. The zero-order valence-electron chi connectivity index (χ0n) is 16.5. The summed E-state index contributed by atoms with van der Waals surface area (Å²) in [6, 6.07) is 10.6. The highest BCUT2D eigenvalue weighted by atomic mass is 19.4. The Balaban J connectivity index is 1.58. The van der Waals surface area contributed by atoms with Crippen molar-refractivity contribution >= 4 is 17.2 Å². The van der Waals surface area contributed by atoms with Crippen LogP contribution < -0.4 is 10.5 Å². The number of alkyl halides is 3. The van der Waals surface area contributed by atoms with Gasteiger partial charge in [-0.1, -0.05) is 18.2 Å². The molecule has 31 heavy (non-hydrogen) atoms. The molecule has 1 aliphatic rings. The first-order valence-electron chi connectivity index (χ1n) is 9.56. The lowest BCUT2D eigenvalue weighted by atomic mass is 10.0. The molecule has 0 N–H and O–H groups in total. The van der Waals surface area contributed by atoms with Crippen LogP contribution in [0, 0.1) is 5.92 Å². The second-order valence-corrected chi connectivity index (χ2v) is 7.30. The van der Waals surface area contributed by atoms with Gasteiger partial charge >= 0.3 is 18.2 Å². The maximum atomic E-state index is 12.4. The van der Waals surface area contributed by atoms with Crippen molar-refractivity contribution in [3.63, 3.8) is 0 Å². The molecule has 10 heteroatoms. The molecule has 0 spiro atoms. The van der Waals surface area contributed by atoms with Crippen LogP contribution in [0.5, 0.6) is 5.75 Å². The minimum atomic E-state index is -4.75. The lowest BCUT2D eigenvalue weighted by molar-refractivity contribution is -0.274. The van der Waals surface area contributed by atoms with E-state index < -0.39 is 18.2 Å². The Morgan fingerprint density at radius 2 is 1.87 bits per heavy atom. The Bertz CT molecular complexity index is 1150. The van der Waals surface area contributed by atoms with E-state index in [0.717, 1.165) is 6.42 Å². The third-order valence-electron chi connectivity index (χ3n) is 5.25. The number of methoxy groups -OCH3 is 1. The average Bonchev–Trinajstić information content (AvgIpc) is 3.31. The van der Waals surface area contributed by atoms with Gasteiger partial charge in [0.05, 0.1) is 12.6 Å². The summed E-state index contributed by atoms with van der Waals surface area (Å²) in [6.45, 7) is 1.41. The fraction of sp³-hybridized carbons (Fsp3) is 0.333. The van der Waals surface area contributed by atoms with Gasteiger partial charge in [-0.3, -0.25) is 4.57 Å². The Labute approximate surface area is 174 Å². The standard InChI is InChI=1S/C21H19F3N2O5/c1-29-19(27)25-9-8-13(11-25)12-26-17-10-15(4-7-18(17)30-20(26)28)14-2-5-16(6-3-14)31-21(22,23)24/h2-7,10,13H,8-9,11-12H2,1H3/t13-/m1/s1. The second kappa shape index (κ2) is 8.01. The minimum Gasteiger partial charge on any atom is -0.453 e. The zero-order valence-corrected chi connectivity index (χ0v) is 16.5. The number of fused-ring (bicyclic) bond motifs is 1. The van der Waals surface area contributed by atoms with Crippen LogP contribution in [0.1, 0.15) is 6.42 Å². The molecule has 0 unspecified atom stereocenters. The molecular weight excluding hydrogens is 417 g/mol. The Morgan fingerprint density at radius 1 is 1.16 bits per heavy atom. The molecular formula is C21H19F3N2O5. The predicted molar refractivity (Wildman–Crippen MR) is 105 cm³/mol. The van der Waals surface area contributed by atoms with E-state index in [1.807, 2.05) is 0 Å². The molecule has 164 valence electrons. The smallest absolute Gasteiger partial charge is 0.453 e. The number of carbonyl (C=O) groups excluding carboxylic acids is 1. The van der Waals surface area contributed by atoms with Crippen molar-refractivity contribution in [2.24, 2.45) is 5.92 Å². The molecule has 1 aromatic heterocycles. The first kappa shape index (κ1) is 20.8. The fourth-order valence-electron chi connectivity index (χ4n) is 3.80. The van der Waals surface area contributed by atoms with E-state index in [0.29, 0.717) is 41.9 Å². The monoisotopic (exact) mass is 436 g/mol. The molecule has 3 aromatic rings. The molecule has 4 rings (SSSR count). The SMILES string of the molecule is COC(=O)N1CC[C@@H](Cn2c(=O)oc3ccc(-c4ccc(OC(F)(F)F)cc4)cc32)C1. The molecule has 1 saturated heterocycles.